The van der Waals surface area contributed by atoms with Gasteiger partial charge >= 0.3 is 0 Å². The van der Waals surface area contributed by atoms with E-state index in [4.69, 9.17) is 17.3 Å². The van der Waals surface area contributed by atoms with Crippen LogP contribution in [-0.4, -0.2) is 26.5 Å². The molecule has 0 saturated carbocycles. The first-order valence-corrected chi connectivity index (χ1v) is 9.06. The van der Waals surface area contributed by atoms with E-state index in [1.165, 1.54) is 6.07 Å². The summed E-state index contributed by atoms with van der Waals surface area (Å²) in [5.41, 5.74) is 6.25. The maximum absolute atomic E-state index is 12.1. The Balaban J connectivity index is 2.82. The van der Waals surface area contributed by atoms with Gasteiger partial charge in [0.1, 0.15) is 4.90 Å². The molecule has 1 unspecified atom stereocenters. The molecule has 0 radical (unpaired) electrons. The molecule has 7 heteroatoms. The average molecular weight is 323 g/mol. The first-order chi connectivity index (χ1) is 8.90. The van der Waals surface area contributed by atoms with E-state index in [1.807, 2.05) is 6.26 Å². The van der Waals surface area contributed by atoms with Crippen molar-refractivity contribution in [2.75, 3.05) is 12.8 Å². The van der Waals surface area contributed by atoms with E-state index in [0.29, 0.717) is 11.8 Å². The molecule has 0 aliphatic rings. The van der Waals surface area contributed by atoms with Crippen LogP contribution in [0.15, 0.2) is 23.1 Å². The summed E-state index contributed by atoms with van der Waals surface area (Å²) in [6, 6.07) is 4.79. The van der Waals surface area contributed by atoms with E-state index < -0.39 is 10.0 Å². The van der Waals surface area contributed by atoms with Crippen LogP contribution in [0.1, 0.15) is 18.9 Å². The SMILES string of the molecule is CSC(C)CCNS(=O)(=O)c1cc(CN)ccc1Cl. The summed E-state index contributed by atoms with van der Waals surface area (Å²) in [6.45, 7) is 2.73. The Morgan fingerprint density at radius 2 is 2.16 bits per heavy atom. The van der Waals surface area contributed by atoms with Crippen LogP contribution >= 0.6 is 23.4 Å². The fourth-order valence-electron chi connectivity index (χ4n) is 1.47. The van der Waals surface area contributed by atoms with E-state index >= 15 is 0 Å². The van der Waals surface area contributed by atoms with Gasteiger partial charge < -0.3 is 5.73 Å². The number of rotatable bonds is 7. The second-order valence-electron chi connectivity index (χ2n) is 4.20. The van der Waals surface area contributed by atoms with Gasteiger partial charge in [-0.15, -0.1) is 0 Å². The molecule has 0 spiro atoms. The van der Waals surface area contributed by atoms with Gasteiger partial charge in [0.25, 0.3) is 0 Å². The van der Waals surface area contributed by atoms with Gasteiger partial charge in [-0.05, 0) is 30.4 Å². The van der Waals surface area contributed by atoms with Crippen molar-refractivity contribution in [2.24, 2.45) is 5.73 Å². The standard InChI is InChI=1S/C12H19ClN2O2S2/c1-9(18-2)5-6-15-19(16,17)12-7-10(8-14)3-4-11(12)13/h3-4,7,9,15H,5-6,8,14H2,1-2H3. The first kappa shape index (κ1) is 16.8. The zero-order valence-corrected chi connectivity index (χ0v) is 13.4. The lowest BCUT2D eigenvalue weighted by Gasteiger charge is -2.11. The quantitative estimate of drug-likeness (QED) is 0.807. The number of nitrogens with two attached hydrogens (primary N) is 1. The molecule has 3 N–H and O–H groups in total. The zero-order chi connectivity index (χ0) is 14.5. The van der Waals surface area contributed by atoms with Crippen molar-refractivity contribution in [2.45, 2.75) is 30.0 Å². The third-order valence-electron chi connectivity index (χ3n) is 2.77. The number of sulfonamides is 1. The van der Waals surface area contributed by atoms with E-state index in [-0.39, 0.29) is 16.5 Å². The van der Waals surface area contributed by atoms with E-state index in [2.05, 4.69) is 11.6 Å². The predicted molar refractivity (Wildman–Crippen MR) is 82.1 cm³/mol. The molecule has 0 aliphatic carbocycles. The Bertz CT molecular complexity index is 520. The third kappa shape index (κ3) is 4.96. The molecular formula is C12H19ClN2O2S2. The molecule has 0 heterocycles. The number of thioether (sulfide) groups is 1. The summed E-state index contributed by atoms with van der Waals surface area (Å²) < 4.78 is 26.9. The molecular weight excluding hydrogens is 304 g/mol. The molecule has 4 nitrogen and oxygen atoms in total. The molecule has 0 aliphatic heterocycles. The largest absolute Gasteiger partial charge is 0.326 e. The molecule has 0 aromatic heterocycles. The van der Waals surface area contributed by atoms with Gasteiger partial charge in [-0.1, -0.05) is 24.6 Å². The summed E-state index contributed by atoms with van der Waals surface area (Å²) in [5.74, 6) is 0. The Morgan fingerprint density at radius 3 is 2.74 bits per heavy atom. The number of hydrogen-bond donors (Lipinski definition) is 2. The second-order valence-corrected chi connectivity index (χ2v) is 7.62. The van der Waals surface area contributed by atoms with Crippen molar-refractivity contribution in [3.63, 3.8) is 0 Å². The molecule has 19 heavy (non-hydrogen) atoms. The molecule has 0 bridgehead atoms. The molecule has 108 valence electrons. The summed E-state index contributed by atoms with van der Waals surface area (Å²) in [7, 11) is -3.57. The first-order valence-electron chi connectivity index (χ1n) is 5.91. The molecule has 1 aromatic rings. The highest BCUT2D eigenvalue weighted by atomic mass is 35.5. The minimum absolute atomic E-state index is 0.0916. The van der Waals surface area contributed by atoms with Gasteiger partial charge in [0.05, 0.1) is 5.02 Å². The summed E-state index contributed by atoms with van der Waals surface area (Å²) >= 11 is 7.65. The molecule has 0 amide bonds. The molecule has 1 atom stereocenters. The van der Waals surface area contributed by atoms with Gasteiger partial charge in [-0.2, -0.15) is 11.8 Å². The lowest BCUT2D eigenvalue weighted by atomic mass is 10.2. The van der Waals surface area contributed by atoms with Crippen molar-refractivity contribution >= 4 is 33.4 Å². The van der Waals surface area contributed by atoms with Crippen LogP contribution in [0.3, 0.4) is 0 Å². The van der Waals surface area contributed by atoms with Gasteiger partial charge in [0, 0.05) is 18.3 Å². The van der Waals surface area contributed by atoms with Gasteiger partial charge in [-0.3, -0.25) is 0 Å². The maximum atomic E-state index is 12.1. The Hall–Kier alpha value is -0.270. The lowest BCUT2D eigenvalue weighted by Crippen LogP contribution is -2.26. The molecule has 0 saturated heterocycles. The fourth-order valence-corrected chi connectivity index (χ4v) is 3.42. The predicted octanol–water partition coefficient (Wildman–Crippen LogP) is 2.22. The van der Waals surface area contributed by atoms with E-state index in [0.717, 1.165) is 12.0 Å². The average Bonchev–Trinajstić information content (AvgIpc) is 2.38. The van der Waals surface area contributed by atoms with Crippen molar-refractivity contribution in [1.82, 2.24) is 4.72 Å². The van der Waals surface area contributed by atoms with Crippen molar-refractivity contribution in [3.05, 3.63) is 28.8 Å². The number of nitrogens with one attached hydrogen (secondary N) is 1. The molecule has 0 fully saturated rings. The van der Waals surface area contributed by atoms with Crippen LogP contribution in [0.5, 0.6) is 0 Å². The number of benzene rings is 1. The van der Waals surface area contributed by atoms with Crippen LogP contribution in [0.25, 0.3) is 0 Å². The number of halogens is 1. The van der Waals surface area contributed by atoms with Crippen LogP contribution in [0.4, 0.5) is 0 Å². The molecule has 1 aromatic carbocycles. The van der Waals surface area contributed by atoms with Crippen molar-refractivity contribution in [3.8, 4) is 0 Å². The highest BCUT2D eigenvalue weighted by Crippen LogP contribution is 2.22. The van der Waals surface area contributed by atoms with Gasteiger partial charge in [-0.25, -0.2) is 13.1 Å². The van der Waals surface area contributed by atoms with Crippen molar-refractivity contribution in [1.29, 1.82) is 0 Å². The lowest BCUT2D eigenvalue weighted by molar-refractivity contribution is 0.579. The zero-order valence-electron chi connectivity index (χ0n) is 11.0. The van der Waals surface area contributed by atoms with Crippen molar-refractivity contribution < 1.29 is 8.42 Å². The molecule has 1 rings (SSSR count). The summed E-state index contributed by atoms with van der Waals surface area (Å²) in [5, 5.41) is 0.621. The number of hydrogen-bond acceptors (Lipinski definition) is 4. The normalized spacial score (nSPS) is 13.5. The second kappa shape index (κ2) is 7.50. The fraction of sp³-hybridized carbons (Fsp3) is 0.500. The van der Waals surface area contributed by atoms with Crippen LogP contribution in [0.2, 0.25) is 5.02 Å². The maximum Gasteiger partial charge on any atom is 0.242 e. The van der Waals surface area contributed by atoms with Crippen LogP contribution in [0, 0.1) is 0 Å². The monoisotopic (exact) mass is 322 g/mol. The summed E-state index contributed by atoms with van der Waals surface area (Å²) in [6.07, 6.45) is 2.77. The Kier molecular flexibility index (Phi) is 6.62. The van der Waals surface area contributed by atoms with Crippen LogP contribution < -0.4 is 10.5 Å². The highest BCUT2D eigenvalue weighted by molar-refractivity contribution is 7.99. The van der Waals surface area contributed by atoms with Crippen LogP contribution in [-0.2, 0) is 16.6 Å². The minimum Gasteiger partial charge on any atom is -0.326 e. The summed E-state index contributed by atoms with van der Waals surface area (Å²) in [4.78, 5) is 0.0916. The highest BCUT2D eigenvalue weighted by Gasteiger charge is 2.18. The minimum atomic E-state index is -3.57. The smallest absolute Gasteiger partial charge is 0.242 e. The third-order valence-corrected chi connectivity index (χ3v) is 5.75. The van der Waals surface area contributed by atoms with E-state index in [1.54, 1.807) is 23.9 Å². The van der Waals surface area contributed by atoms with Gasteiger partial charge in [0.2, 0.25) is 10.0 Å². The van der Waals surface area contributed by atoms with E-state index in [9.17, 15) is 8.42 Å². The Labute approximate surface area is 124 Å². The topological polar surface area (TPSA) is 72.2 Å². The Morgan fingerprint density at radius 1 is 1.47 bits per heavy atom. The van der Waals surface area contributed by atoms with Gasteiger partial charge in [0.15, 0.2) is 0 Å².